The third-order valence-corrected chi connectivity index (χ3v) is 4.00. The lowest BCUT2D eigenvalue weighted by molar-refractivity contribution is -0.192. The van der Waals surface area contributed by atoms with Gasteiger partial charge in [-0.1, -0.05) is 0 Å². The molecule has 0 unspecified atom stereocenters. The van der Waals surface area contributed by atoms with Crippen molar-refractivity contribution >= 4 is 5.97 Å². The molecular formula is C16H20F3N5O2. The average molecular weight is 371 g/mol. The van der Waals surface area contributed by atoms with Crippen LogP contribution in [0.5, 0.6) is 0 Å². The minimum atomic E-state index is -5.08. The van der Waals surface area contributed by atoms with Gasteiger partial charge in [-0.3, -0.25) is 9.58 Å². The molecule has 0 spiro atoms. The molecule has 26 heavy (non-hydrogen) atoms. The van der Waals surface area contributed by atoms with Gasteiger partial charge in [0.15, 0.2) is 0 Å². The number of aliphatic carboxylic acids is 1. The normalized spacial score (nSPS) is 14.8. The van der Waals surface area contributed by atoms with Crippen molar-refractivity contribution in [2.75, 3.05) is 13.1 Å². The zero-order valence-corrected chi connectivity index (χ0v) is 14.5. The third kappa shape index (κ3) is 5.51. The van der Waals surface area contributed by atoms with Crippen LogP contribution in [0.3, 0.4) is 0 Å². The Hall–Kier alpha value is -2.49. The van der Waals surface area contributed by atoms with Crippen LogP contribution in [0.25, 0.3) is 0 Å². The Labute approximate surface area is 148 Å². The predicted octanol–water partition coefficient (Wildman–Crippen LogP) is 1.75. The van der Waals surface area contributed by atoms with Crippen LogP contribution in [0.15, 0.2) is 18.7 Å². The third-order valence-electron chi connectivity index (χ3n) is 4.00. The minimum absolute atomic E-state index is 0.967. The number of hydrogen-bond donors (Lipinski definition) is 1. The highest BCUT2D eigenvalue weighted by atomic mass is 19.4. The van der Waals surface area contributed by atoms with Crippen molar-refractivity contribution in [2.45, 2.75) is 32.5 Å². The summed E-state index contributed by atoms with van der Waals surface area (Å²) in [5.74, 6) is -2.76. The molecule has 1 aliphatic rings. The highest BCUT2D eigenvalue weighted by Gasteiger charge is 2.38. The van der Waals surface area contributed by atoms with E-state index in [0.29, 0.717) is 0 Å². The molecule has 2 aromatic rings. The van der Waals surface area contributed by atoms with E-state index in [0.717, 1.165) is 38.2 Å². The molecule has 0 fully saturated rings. The molecule has 0 amide bonds. The van der Waals surface area contributed by atoms with Crippen LogP contribution in [-0.4, -0.2) is 55.0 Å². The Morgan fingerprint density at radius 1 is 1.27 bits per heavy atom. The summed E-state index contributed by atoms with van der Waals surface area (Å²) >= 11 is 0. The van der Waals surface area contributed by atoms with E-state index < -0.39 is 12.1 Å². The summed E-state index contributed by atoms with van der Waals surface area (Å²) in [4.78, 5) is 20.1. The fraction of sp³-hybridized carbons (Fsp3) is 0.500. The number of carboxylic acids is 1. The summed E-state index contributed by atoms with van der Waals surface area (Å²) in [6.45, 7) is 5.17. The van der Waals surface area contributed by atoms with Crippen LogP contribution in [0.1, 0.15) is 22.5 Å². The van der Waals surface area contributed by atoms with Gasteiger partial charge in [-0.05, 0) is 18.9 Å². The maximum atomic E-state index is 10.6. The molecule has 7 nitrogen and oxygen atoms in total. The van der Waals surface area contributed by atoms with Gasteiger partial charge in [0.25, 0.3) is 0 Å². The highest BCUT2D eigenvalue weighted by Crippen LogP contribution is 2.17. The van der Waals surface area contributed by atoms with Gasteiger partial charge in [0.05, 0.1) is 6.20 Å². The number of rotatable bonds is 2. The molecule has 0 saturated heterocycles. The molecule has 10 heteroatoms. The van der Waals surface area contributed by atoms with Crippen molar-refractivity contribution in [3.8, 4) is 0 Å². The van der Waals surface area contributed by atoms with E-state index in [-0.39, 0.29) is 0 Å². The van der Waals surface area contributed by atoms with Crippen LogP contribution < -0.4 is 0 Å². The predicted molar refractivity (Wildman–Crippen MR) is 86.4 cm³/mol. The Morgan fingerprint density at radius 2 is 1.92 bits per heavy atom. The van der Waals surface area contributed by atoms with Gasteiger partial charge in [0.2, 0.25) is 0 Å². The number of carboxylic acid groups (broad SMARTS) is 1. The first kappa shape index (κ1) is 19.8. The Morgan fingerprint density at radius 3 is 2.50 bits per heavy atom. The molecule has 2 aromatic heterocycles. The van der Waals surface area contributed by atoms with Gasteiger partial charge < -0.3 is 5.11 Å². The summed E-state index contributed by atoms with van der Waals surface area (Å²) in [7, 11) is 1.96. The van der Waals surface area contributed by atoms with Crippen LogP contribution >= 0.6 is 0 Å². The van der Waals surface area contributed by atoms with Crippen molar-refractivity contribution < 1.29 is 23.1 Å². The van der Waals surface area contributed by atoms with E-state index >= 15 is 0 Å². The number of halogens is 3. The van der Waals surface area contributed by atoms with Crippen LogP contribution in [0.4, 0.5) is 13.2 Å². The fourth-order valence-electron chi connectivity index (χ4n) is 2.71. The monoisotopic (exact) mass is 371 g/mol. The first-order valence-corrected chi connectivity index (χ1v) is 7.96. The molecule has 0 atom stereocenters. The number of carbonyl (C=O) groups is 1. The molecule has 0 aliphatic carbocycles. The van der Waals surface area contributed by atoms with E-state index in [9.17, 15) is 13.2 Å². The number of alkyl halides is 3. The zero-order chi connectivity index (χ0) is 19.3. The maximum absolute atomic E-state index is 10.6. The molecule has 3 heterocycles. The maximum Gasteiger partial charge on any atom is 0.490 e. The van der Waals surface area contributed by atoms with E-state index in [1.165, 1.54) is 16.8 Å². The average Bonchev–Trinajstić information content (AvgIpc) is 2.84. The molecule has 0 aromatic carbocycles. The van der Waals surface area contributed by atoms with E-state index in [1.807, 2.05) is 17.9 Å². The molecule has 3 rings (SSSR count). The molecule has 1 N–H and O–H groups in total. The zero-order valence-electron chi connectivity index (χ0n) is 14.5. The minimum Gasteiger partial charge on any atom is -0.475 e. The summed E-state index contributed by atoms with van der Waals surface area (Å²) in [5, 5.41) is 11.4. The van der Waals surface area contributed by atoms with Gasteiger partial charge in [-0.15, -0.1) is 0 Å². The summed E-state index contributed by atoms with van der Waals surface area (Å²) in [6.07, 6.45) is 2.69. The summed E-state index contributed by atoms with van der Waals surface area (Å²) in [6, 6.07) is 0. The quantitative estimate of drug-likeness (QED) is 0.866. The second kappa shape index (κ2) is 8.26. The lowest BCUT2D eigenvalue weighted by atomic mass is 10.1. The number of aromatic nitrogens is 4. The number of hydrogen-bond acceptors (Lipinski definition) is 5. The first-order valence-electron chi connectivity index (χ1n) is 7.96. The van der Waals surface area contributed by atoms with E-state index in [1.54, 1.807) is 6.33 Å². The van der Waals surface area contributed by atoms with E-state index in [2.05, 4.69) is 33.1 Å². The second-order valence-corrected chi connectivity index (χ2v) is 5.99. The van der Waals surface area contributed by atoms with Crippen LogP contribution in [-0.2, 0) is 31.2 Å². The molecule has 0 bridgehead atoms. The van der Waals surface area contributed by atoms with Crippen molar-refractivity contribution in [3.63, 3.8) is 0 Å². The Bertz CT molecular complexity index is 761. The van der Waals surface area contributed by atoms with Crippen molar-refractivity contribution in [2.24, 2.45) is 7.05 Å². The van der Waals surface area contributed by atoms with Gasteiger partial charge in [-0.2, -0.15) is 18.3 Å². The SMILES string of the molecule is Cc1ncnc2c1CCN(Cc1cnn(C)c1)CC2.O=C(O)C(F)(F)F. The Balaban J connectivity index is 0.000000298. The standard InChI is InChI=1S/C14H19N5.C2HF3O2/c1-11-13-3-5-19(6-4-14(13)16-10-15-11)9-12-7-17-18(2)8-12;3-2(4,5)1(6)7/h7-8,10H,3-6,9H2,1-2H3;(H,6,7). The lowest BCUT2D eigenvalue weighted by Crippen LogP contribution is -2.25. The molecule has 0 saturated carbocycles. The van der Waals surface area contributed by atoms with Crippen LogP contribution in [0.2, 0.25) is 0 Å². The van der Waals surface area contributed by atoms with Gasteiger partial charge >= 0.3 is 12.1 Å². The molecular weight excluding hydrogens is 351 g/mol. The largest absolute Gasteiger partial charge is 0.490 e. The molecule has 1 aliphatic heterocycles. The lowest BCUT2D eigenvalue weighted by Gasteiger charge is -2.18. The summed E-state index contributed by atoms with van der Waals surface area (Å²) < 4.78 is 33.6. The van der Waals surface area contributed by atoms with E-state index in [4.69, 9.17) is 9.90 Å². The second-order valence-electron chi connectivity index (χ2n) is 5.99. The van der Waals surface area contributed by atoms with Gasteiger partial charge in [0, 0.05) is 56.3 Å². The number of fused-ring (bicyclic) bond motifs is 1. The topological polar surface area (TPSA) is 84.1 Å². The number of aryl methyl sites for hydroxylation is 2. The van der Waals surface area contributed by atoms with Crippen molar-refractivity contribution in [1.29, 1.82) is 0 Å². The van der Waals surface area contributed by atoms with Crippen LogP contribution in [0, 0.1) is 6.92 Å². The van der Waals surface area contributed by atoms with Crippen molar-refractivity contribution in [1.82, 2.24) is 24.6 Å². The highest BCUT2D eigenvalue weighted by molar-refractivity contribution is 5.73. The fourth-order valence-corrected chi connectivity index (χ4v) is 2.71. The van der Waals surface area contributed by atoms with Gasteiger partial charge in [-0.25, -0.2) is 14.8 Å². The molecule has 142 valence electrons. The summed E-state index contributed by atoms with van der Waals surface area (Å²) in [5.41, 5.74) is 4.97. The molecule has 0 radical (unpaired) electrons. The Kier molecular flexibility index (Phi) is 6.30. The van der Waals surface area contributed by atoms with Gasteiger partial charge in [0.1, 0.15) is 6.33 Å². The van der Waals surface area contributed by atoms with Crippen molar-refractivity contribution in [3.05, 3.63) is 41.2 Å². The smallest absolute Gasteiger partial charge is 0.475 e. The first-order chi connectivity index (χ1) is 12.2. The number of nitrogens with zero attached hydrogens (tertiary/aromatic N) is 5.